The Morgan fingerprint density at radius 3 is 2.56 bits per heavy atom. The number of ether oxygens (including phenoxy) is 1. The van der Waals surface area contributed by atoms with Gasteiger partial charge in [-0.25, -0.2) is 19.2 Å². The number of fused-ring (bicyclic) bond motifs is 1. The van der Waals surface area contributed by atoms with Crippen molar-refractivity contribution in [2.24, 2.45) is 5.73 Å². The largest absolute Gasteiger partial charge is 0.447 e. The minimum absolute atomic E-state index is 0.172. The molecule has 0 saturated heterocycles. The number of nitrogens with one attached hydrogen (secondary N) is 2. The molecule has 0 aliphatic heterocycles. The quantitative estimate of drug-likeness (QED) is 0.396. The minimum atomic E-state index is -0.873. The van der Waals surface area contributed by atoms with E-state index >= 15 is 0 Å². The second-order valence-corrected chi connectivity index (χ2v) is 7.83. The molecule has 4 aromatic rings. The van der Waals surface area contributed by atoms with Gasteiger partial charge < -0.3 is 15.8 Å². The molecule has 10 heteroatoms. The van der Waals surface area contributed by atoms with E-state index in [2.05, 4.69) is 20.6 Å². The first-order valence-corrected chi connectivity index (χ1v) is 10.5. The summed E-state index contributed by atoms with van der Waals surface area (Å²) in [5.41, 5.74) is 7.94. The van der Waals surface area contributed by atoms with E-state index in [1.54, 1.807) is 54.9 Å². The number of carbonyl (C=O) groups excluding carboxylic acids is 2. The number of imidazole rings is 1. The van der Waals surface area contributed by atoms with E-state index in [0.717, 1.165) is 0 Å². The zero-order valence-electron chi connectivity index (χ0n) is 18.5. The fourth-order valence-corrected chi connectivity index (χ4v) is 3.27. The Hall–Kier alpha value is -4.31. The molecular weight excluding hydrogens is 439 g/mol. The van der Waals surface area contributed by atoms with Gasteiger partial charge in [0.2, 0.25) is 11.7 Å². The molecule has 34 heavy (non-hydrogen) atoms. The topological polar surface area (TPSA) is 124 Å². The maximum atomic E-state index is 14.6. The molecule has 4 rings (SSSR count). The highest BCUT2D eigenvalue weighted by Crippen LogP contribution is 2.26. The summed E-state index contributed by atoms with van der Waals surface area (Å²) < 4.78 is 21.2. The molecule has 2 amide bonds. The Morgan fingerprint density at radius 1 is 1.06 bits per heavy atom. The molecule has 0 bridgehead atoms. The fourth-order valence-electron chi connectivity index (χ4n) is 3.27. The van der Waals surface area contributed by atoms with E-state index in [0.29, 0.717) is 28.4 Å². The molecule has 2 heterocycles. The Bertz CT molecular complexity index is 1340. The monoisotopic (exact) mass is 462 g/mol. The van der Waals surface area contributed by atoms with E-state index < -0.39 is 23.9 Å². The summed E-state index contributed by atoms with van der Waals surface area (Å²) in [6.07, 6.45) is 3.70. The molecule has 1 unspecified atom stereocenters. The van der Waals surface area contributed by atoms with Crippen molar-refractivity contribution in [1.29, 1.82) is 0 Å². The summed E-state index contributed by atoms with van der Waals surface area (Å²) in [4.78, 5) is 32.9. The van der Waals surface area contributed by atoms with Crippen LogP contribution >= 0.6 is 0 Å². The van der Waals surface area contributed by atoms with Crippen molar-refractivity contribution in [3.63, 3.8) is 0 Å². The SMILES string of the molecule is CC(C)OC(=O)Nc1cnc2nc(-c3cc(NC(=O)C(N)c4ccccc4)ccc3F)cn2c1. The molecule has 2 aromatic carbocycles. The maximum Gasteiger partial charge on any atom is 0.411 e. The van der Waals surface area contributed by atoms with Crippen LogP contribution in [0.4, 0.5) is 20.6 Å². The van der Waals surface area contributed by atoms with Gasteiger partial charge in [-0.1, -0.05) is 30.3 Å². The second kappa shape index (κ2) is 9.67. The van der Waals surface area contributed by atoms with Gasteiger partial charge in [-0.3, -0.25) is 14.5 Å². The second-order valence-electron chi connectivity index (χ2n) is 7.83. The molecule has 0 radical (unpaired) electrons. The number of hydrogen-bond acceptors (Lipinski definition) is 6. The standard InChI is InChI=1S/C24H23FN6O3/c1-14(2)34-24(33)29-17-11-27-23-30-20(13-31(23)12-17)18-10-16(8-9-19(18)25)28-22(32)21(26)15-6-4-3-5-7-15/h3-14,21H,26H2,1-2H3,(H,28,32)(H,29,33). The van der Waals surface area contributed by atoms with E-state index in [-0.39, 0.29) is 11.7 Å². The van der Waals surface area contributed by atoms with Gasteiger partial charge >= 0.3 is 6.09 Å². The van der Waals surface area contributed by atoms with Gasteiger partial charge in [0.05, 0.1) is 23.7 Å². The van der Waals surface area contributed by atoms with E-state index in [9.17, 15) is 14.0 Å². The van der Waals surface area contributed by atoms with Crippen LogP contribution in [-0.2, 0) is 9.53 Å². The summed E-state index contributed by atoms with van der Waals surface area (Å²) in [6, 6.07) is 12.2. The van der Waals surface area contributed by atoms with Crippen LogP contribution < -0.4 is 16.4 Å². The lowest BCUT2D eigenvalue weighted by molar-refractivity contribution is -0.117. The molecule has 174 valence electrons. The predicted octanol–water partition coefficient (Wildman–Crippen LogP) is 4.13. The molecule has 9 nitrogen and oxygen atoms in total. The van der Waals surface area contributed by atoms with Gasteiger partial charge in [0.25, 0.3) is 0 Å². The number of nitrogens with two attached hydrogens (primary N) is 1. The van der Waals surface area contributed by atoms with Gasteiger partial charge in [-0.05, 0) is 37.6 Å². The van der Waals surface area contributed by atoms with Crippen molar-refractivity contribution in [2.75, 3.05) is 10.6 Å². The number of benzene rings is 2. The third kappa shape index (κ3) is 5.18. The van der Waals surface area contributed by atoms with Crippen LogP contribution in [0.3, 0.4) is 0 Å². The molecule has 4 N–H and O–H groups in total. The number of carbonyl (C=O) groups is 2. The lowest BCUT2D eigenvalue weighted by Crippen LogP contribution is -2.27. The molecule has 0 aliphatic carbocycles. The Kier molecular flexibility index (Phi) is 6.51. The third-order valence-electron chi connectivity index (χ3n) is 4.85. The molecule has 0 saturated carbocycles. The lowest BCUT2D eigenvalue weighted by atomic mass is 10.1. The summed E-state index contributed by atoms with van der Waals surface area (Å²) in [5.74, 6) is -0.644. The number of nitrogens with zero attached hydrogens (tertiary/aromatic N) is 3. The maximum absolute atomic E-state index is 14.6. The van der Waals surface area contributed by atoms with Gasteiger partial charge in [0, 0.05) is 23.6 Å². The summed E-state index contributed by atoms with van der Waals surface area (Å²) >= 11 is 0. The van der Waals surface area contributed by atoms with Crippen molar-refractivity contribution in [1.82, 2.24) is 14.4 Å². The van der Waals surface area contributed by atoms with Gasteiger partial charge in [0.15, 0.2) is 0 Å². The van der Waals surface area contributed by atoms with Crippen LogP contribution in [0.1, 0.15) is 25.5 Å². The molecule has 0 spiro atoms. The smallest absolute Gasteiger partial charge is 0.411 e. The van der Waals surface area contributed by atoms with Crippen LogP contribution in [0, 0.1) is 5.82 Å². The Balaban J connectivity index is 1.55. The van der Waals surface area contributed by atoms with Crippen molar-refractivity contribution < 1.29 is 18.7 Å². The summed E-state index contributed by atoms with van der Waals surface area (Å²) in [7, 11) is 0. The number of aromatic nitrogens is 3. The van der Waals surface area contributed by atoms with Crippen molar-refractivity contribution in [3.05, 3.63) is 78.5 Å². The average Bonchev–Trinajstić information content (AvgIpc) is 3.23. The van der Waals surface area contributed by atoms with Crippen LogP contribution in [-0.4, -0.2) is 32.5 Å². The third-order valence-corrected chi connectivity index (χ3v) is 4.85. The van der Waals surface area contributed by atoms with E-state index in [1.165, 1.54) is 24.4 Å². The van der Waals surface area contributed by atoms with Gasteiger partial charge in [0.1, 0.15) is 11.9 Å². The summed E-state index contributed by atoms with van der Waals surface area (Å²) in [5, 5.41) is 5.29. The Labute approximate surface area is 194 Å². The van der Waals surface area contributed by atoms with Crippen LogP contribution in [0.2, 0.25) is 0 Å². The number of anilines is 2. The first-order valence-electron chi connectivity index (χ1n) is 10.5. The molecule has 1 atom stereocenters. The van der Waals surface area contributed by atoms with E-state index in [1.807, 2.05) is 6.07 Å². The Morgan fingerprint density at radius 2 is 1.82 bits per heavy atom. The van der Waals surface area contributed by atoms with E-state index in [4.69, 9.17) is 10.5 Å². The zero-order chi connectivity index (χ0) is 24.2. The highest BCUT2D eigenvalue weighted by Gasteiger charge is 2.17. The van der Waals surface area contributed by atoms with Crippen LogP contribution in [0.5, 0.6) is 0 Å². The van der Waals surface area contributed by atoms with Gasteiger partial charge in [-0.2, -0.15) is 0 Å². The van der Waals surface area contributed by atoms with Crippen molar-refractivity contribution >= 4 is 29.2 Å². The highest BCUT2D eigenvalue weighted by atomic mass is 19.1. The average molecular weight is 462 g/mol. The highest BCUT2D eigenvalue weighted by molar-refractivity contribution is 5.96. The first kappa shape index (κ1) is 22.9. The minimum Gasteiger partial charge on any atom is -0.447 e. The normalized spacial score (nSPS) is 11.9. The summed E-state index contributed by atoms with van der Waals surface area (Å²) in [6.45, 7) is 3.48. The lowest BCUT2D eigenvalue weighted by Gasteiger charge is -2.13. The zero-order valence-corrected chi connectivity index (χ0v) is 18.5. The predicted molar refractivity (Wildman–Crippen MR) is 126 cm³/mol. The number of halogens is 1. The molecular formula is C24H23FN6O3. The van der Waals surface area contributed by atoms with Crippen LogP contribution in [0.25, 0.3) is 17.0 Å². The molecule has 0 aliphatic rings. The van der Waals surface area contributed by atoms with Gasteiger partial charge in [-0.15, -0.1) is 0 Å². The number of rotatable bonds is 6. The van der Waals surface area contributed by atoms with Crippen molar-refractivity contribution in [2.45, 2.75) is 26.0 Å². The number of hydrogen-bond donors (Lipinski definition) is 3. The fraction of sp³-hybridized carbons (Fsp3) is 0.167. The number of amides is 2. The molecule has 2 aromatic heterocycles. The molecule has 0 fully saturated rings. The first-order chi connectivity index (χ1) is 16.3. The van der Waals surface area contributed by atoms with Crippen LogP contribution in [0.15, 0.2) is 67.1 Å². The van der Waals surface area contributed by atoms with Crippen molar-refractivity contribution in [3.8, 4) is 11.3 Å².